The van der Waals surface area contributed by atoms with Gasteiger partial charge in [0.1, 0.15) is 11.4 Å². The Morgan fingerprint density at radius 3 is 2.69 bits per heavy atom. The molecule has 2 aromatic carbocycles. The Morgan fingerprint density at radius 1 is 1.19 bits per heavy atom. The van der Waals surface area contributed by atoms with Crippen LogP contribution in [-0.4, -0.2) is 42.5 Å². The first-order chi connectivity index (χ1) is 12.6. The fourth-order valence-corrected chi connectivity index (χ4v) is 2.70. The smallest absolute Gasteiger partial charge is 0.269 e. The number of nitrogens with one attached hydrogen (secondary N) is 1. The molecule has 0 fully saturated rings. The molecule has 1 heterocycles. The highest BCUT2D eigenvalue weighted by Crippen LogP contribution is 2.29. The molecule has 0 aliphatic heterocycles. The van der Waals surface area contributed by atoms with Crippen molar-refractivity contribution in [3.8, 4) is 16.9 Å². The largest absolute Gasteiger partial charge is 0.507 e. The average molecular weight is 350 g/mol. The number of phenolic OH excluding ortho intramolecular Hbond substituents is 1. The van der Waals surface area contributed by atoms with E-state index in [1.165, 1.54) is 6.07 Å². The number of aldehydes is 1. The number of ether oxygens (including phenoxy) is 1. The zero-order valence-electron chi connectivity index (χ0n) is 14.2. The second-order valence-corrected chi connectivity index (χ2v) is 5.73. The molecule has 0 saturated heterocycles. The minimum atomic E-state index is -0.252. The van der Waals surface area contributed by atoms with Crippen LogP contribution in [0.15, 0.2) is 48.7 Å². The molecular formula is C20H18N2O4. The Balaban J connectivity index is 1.86. The van der Waals surface area contributed by atoms with E-state index in [2.05, 4.69) is 10.3 Å². The highest BCUT2D eigenvalue weighted by molar-refractivity contribution is 6.02. The number of pyridine rings is 1. The predicted molar refractivity (Wildman–Crippen MR) is 98.4 cm³/mol. The molecule has 0 aliphatic carbocycles. The summed E-state index contributed by atoms with van der Waals surface area (Å²) in [5.74, 6) is -0.288. The summed E-state index contributed by atoms with van der Waals surface area (Å²) in [5.41, 5.74) is 2.36. The van der Waals surface area contributed by atoms with Crippen LogP contribution in [0.4, 0.5) is 0 Å². The van der Waals surface area contributed by atoms with Gasteiger partial charge in [-0.1, -0.05) is 24.3 Å². The van der Waals surface area contributed by atoms with Crippen LogP contribution < -0.4 is 5.32 Å². The minimum absolute atomic E-state index is 0.0363. The summed E-state index contributed by atoms with van der Waals surface area (Å²) in [6.45, 7) is 0.870. The third-order valence-electron chi connectivity index (χ3n) is 4.08. The fraction of sp³-hybridized carbons (Fsp3) is 0.150. The fourth-order valence-electron chi connectivity index (χ4n) is 2.70. The van der Waals surface area contributed by atoms with Gasteiger partial charge in [-0.3, -0.25) is 14.6 Å². The normalized spacial score (nSPS) is 10.7. The minimum Gasteiger partial charge on any atom is -0.507 e. The summed E-state index contributed by atoms with van der Waals surface area (Å²) in [5, 5.41) is 14.0. The molecule has 1 aromatic heterocycles. The predicted octanol–water partition coefficient (Wildman–Crippen LogP) is 2.80. The monoisotopic (exact) mass is 350 g/mol. The molecule has 3 rings (SSSR count). The van der Waals surface area contributed by atoms with E-state index in [0.29, 0.717) is 30.5 Å². The summed E-state index contributed by atoms with van der Waals surface area (Å²) >= 11 is 0. The molecule has 26 heavy (non-hydrogen) atoms. The van der Waals surface area contributed by atoms with Crippen molar-refractivity contribution in [3.63, 3.8) is 0 Å². The Hall–Kier alpha value is -3.25. The second kappa shape index (κ2) is 7.76. The highest BCUT2D eigenvalue weighted by atomic mass is 16.5. The molecule has 0 radical (unpaired) electrons. The molecule has 3 aromatic rings. The van der Waals surface area contributed by atoms with Gasteiger partial charge in [-0.15, -0.1) is 0 Å². The van der Waals surface area contributed by atoms with Crippen LogP contribution in [0.2, 0.25) is 0 Å². The standard InChI is InChI=1S/C20H18N2O4/c1-26-9-8-21-20(25)18-6-3-15(11-22-18)13-2-5-16-14(10-13)4-7-19(24)17(16)12-23/h2-7,10-12,24H,8-9H2,1H3,(H,21,25). The van der Waals surface area contributed by atoms with Crippen molar-refractivity contribution in [2.45, 2.75) is 0 Å². The van der Waals surface area contributed by atoms with Crippen LogP contribution in [0.5, 0.6) is 5.75 Å². The molecule has 0 aliphatic rings. The highest BCUT2D eigenvalue weighted by Gasteiger charge is 2.09. The van der Waals surface area contributed by atoms with Crippen LogP contribution in [0, 0.1) is 0 Å². The van der Waals surface area contributed by atoms with E-state index < -0.39 is 0 Å². The number of carbonyl (C=O) groups is 2. The lowest BCUT2D eigenvalue weighted by Crippen LogP contribution is -2.27. The molecule has 0 saturated carbocycles. The molecule has 6 heteroatoms. The van der Waals surface area contributed by atoms with Gasteiger partial charge in [-0.2, -0.15) is 0 Å². The van der Waals surface area contributed by atoms with Crippen LogP contribution in [0.3, 0.4) is 0 Å². The van der Waals surface area contributed by atoms with Gasteiger partial charge < -0.3 is 15.2 Å². The van der Waals surface area contributed by atoms with E-state index in [-0.39, 0.29) is 17.2 Å². The number of carbonyl (C=O) groups excluding carboxylic acids is 2. The summed E-state index contributed by atoms with van der Waals surface area (Å²) in [6, 6.07) is 12.3. The number of benzene rings is 2. The SMILES string of the molecule is COCCNC(=O)c1ccc(-c2ccc3c(C=O)c(O)ccc3c2)cn1. The van der Waals surface area contributed by atoms with Gasteiger partial charge in [-0.05, 0) is 34.5 Å². The van der Waals surface area contributed by atoms with Crippen LogP contribution in [0.1, 0.15) is 20.8 Å². The first-order valence-corrected chi connectivity index (χ1v) is 8.08. The van der Waals surface area contributed by atoms with E-state index in [0.717, 1.165) is 16.5 Å². The number of fused-ring (bicyclic) bond motifs is 1. The second-order valence-electron chi connectivity index (χ2n) is 5.73. The van der Waals surface area contributed by atoms with Gasteiger partial charge in [0.25, 0.3) is 5.91 Å². The summed E-state index contributed by atoms with van der Waals surface area (Å²) in [6.07, 6.45) is 2.28. The third-order valence-corrected chi connectivity index (χ3v) is 4.08. The van der Waals surface area contributed by atoms with Crippen molar-refractivity contribution in [2.75, 3.05) is 20.3 Å². The van der Waals surface area contributed by atoms with Crippen molar-refractivity contribution in [1.29, 1.82) is 0 Å². The molecule has 0 unspecified atom stereocenters. The van der Waals surface area contributed by atoms with Gasteiger partial charge in [0, 0.05) is 25.4 Å². The van der Waals surface area contributed by atoms with Crippen molar-refractivity contribution in [3.05, 3.63) is 59.9 Å². The Bertz CT molecular complexity index is 952. The zero-order chi connectivity index (χ0) is 18.5. The maximum absolute atomic E-state index is 12.0. The molecule has 2 N–H and O–H groups in total. The van der Waals surface area contributed by atoms with Crippen molar-refractivity contribution in [2.24, 2.45) is 0 Å². The third kappa shape index (κ3) is 3.55. The number of phenols is 1. The van der Waals surface area contributed by atoms with Gasteiger partial charge in [0.15, 0.2) is 6.29 Å². The lowest BCUT2D eigenvalue weighted by atomic mass is 9.99. The Morgan fingerprint density at radius 2 is 2.00 bits per heavy atom. The molecule has 0 bridgehead atoms. The number of methoxy groups -OCH3 is 1. The van der Waals surface area contributed by atoms with E-state index in [1.807, 2.05) is 18.2 Å². The number of amides is 1. The van der Waals surface area contributed by atoms with Gasteiger partial charge in [0.2, 0.25) is 0 Å². The van der Waals surface area contributed by atoms with E-state index in [9.17, 15) is 14.7 Å². The number of aromatic hydroxyl groups is 1. The lowest BCUT2D eigenvalue weighted by molar-refractivity contribution is 0.0932. The van der Waals surface area contributed by atoms with E-state index in [4.69, 9.17) is 4.74 Å². The summed E-state index contributed by atoms with van der Waals surface area (Å²) < 4.78 is 4.89. The lowest BCUT2D eigenvalue weighted by Gasteiger charge is -2.08. The molecular weight excluding hydrogens is 332 g/mol. The van der Waals surface area contributed by atoms with Gasteiger partial charge in [0.05, 0.1) is 12.2 Å². The molecule has 1 amide bonds. The number of hydrogen-bond donors (Lipinski definition) is 2. The molecule has 0 spiro atoms. The van der Waals surface area contributed by atoms with Gasteiger partial charge in [-0.25, -0.2) is 0 Å². The summed E-state index contributed by atoms with van der Waals surface area (Å²) in [4.78, 5) is 27.3. The quantitative estimate of drug-likeness (QED) is 0.527. The van der Waals surface area contributed by atoms with Crippen LogP contribution in [0.25, 0.3) is 21.9 Å². The number of rotatable bonds is 6. The van der Waals surface area contributed by atoms with Crippen molar-refractivity contribution >= 4 is 23.0 Å². The van der Waals surface area contributed by atoms with Crippen LogP contribution >= 0.6 is 0 Å². The zero-order valence-corrected chi connectivity index (χ0v) is 14.2. The van der Waals surface area contributed by atoms with Gasteiger partial charge >= 0.3 is 0 Å². The first kappa shape index (κ1) is 17.6. The number of nitrogens with zero attached hydrogens (tertiary/aromatic N) is 1. The summed E-state index contributed by atoms with van der Waals surface area (Å²) in [7, 11) is 1.57. The number of aromatic nitrogens is 1. The topological polar surface area (TPSA) is 88.5 Å². The van der Waals surface area contributed by atoms with E-state index >= 15 is 0 Å². The van der Waals surface area contributed by atoms with E-state index in [1.54, 1.807) is 31.5 Å². The molecule has 132 valence electrons. The number of hydrogen-bond acceptors (Lipinski definition) is 5. The Labute approximate surface area is 150 Å². The average Bonchev–Trinajstić information content (AvgIpc) is 2.68. The maximum atomic E-state index is 12.0. The van der Waals surface area contributed by atoms with Crippen molar-refractivity contribution < 1.29 is 19.4 Å². The molecule has 0 atom stereocenters. The first-order valence-electron chi connectivity index (χ1n) is 8.08. The maximum Gasteiger partial charge on any atom is 0.269 e. The van der Waals surface area contributed by atoms with Crippen LogP contribution in [-0.2, 0) is 4.74 Å². The molecule has 6 nitrogen and oxygen atoms in total. The van der Waals surface area contributed by atoms with Crippen molar-refractivity contribution in [1.82, 2.24) is 10.3 Å². The Kier molecular flexibility index (Phi) is 5.24.